The van der Waals surface area contributed by atoms with Gasteiger partial charge in [-0.3, -0.25) is 9.59 Å². The van der Waals surface area contributed by atoms with E-state index >= 15 is 0 Å². The minimum absolute atomic E-state index is 0.0831. The predicted octanol–water partition coefficient (Wildman–Crippen LogP) is 5.45. The zero-order valence-electron chi connectivity index (χ0n) is 20.7. The summed E-state index contributed by atoms with van der Waals surface area (Å²) in [5.74, 6) is -2.66. The molecular weight excluding hydrogens is 482 g/mol. The lowest BCUT2D eigenvalue weighted by molar-refractivity contribution is 0.0696. The molecule has 5 aromatic rings. The monoisotopic (exact) mass is 505 g/mol. The Hall–Kier alpha value is -5.04. The molecule has 0 bridgehead atoms. The first-order valence-corrected chi connectivity index (χ1v) is 11.9. The molecule has 0 unspecified atom stereocenters. The minimum atomic E-state index is -1.24. The third-order valence-electron chi connectivity index (χ3n) is 6.78. The second kappa shape index (κ2) is 9.44. The van der Waals surface area contributed by atoms with Gasteiger partial charge >= 0.3 is 11.9 Å². The number of para-hydroxylation sites is 1. The van der Waals surface area contributed by atoms with Crippen molar-refractivity contribution in [1.82, 2.24) is 4.57 Å². The number of nitrogens with zero attached hydrogens (tertiary/aromatic N) is 1. The number of carboxylic acid groups (broad SMARTS) is 2. The number of carboxylic acids is 2. The van der Waals surface area contributed by atoms with Gasteiger partial charge in [0, 0.05) is 28.4 Å². The Morgan fingerprint density at radius 2 is 1.32 bits per heavy atom. The summed E-state index contributed by atoms with van der Waals surface area (Å²) in [6.45, 7) is 3.74. The second-order valence-corrected chi connectivity index (χ2v) is 9.29. The SMILES string of the molecule is Cc1ccccc1C(=O)c1cc2c(cc1C)c(=O)c1ccccc1n2Cc1cc(C(=O)O)cc(C(=O)O)c1. The lowest BCUT2D eigenvalue weighted by Gasteiger charge is -2.18. The molecule has 0 saturated carbocycles. The Balaban J connectivity index is 1.80. The van der Waals surface area contributed by atoms with Crippen LogP contribution in [0.4, 0.5) is 0 Å². The first-order chi connectivity index (χ1) is 18.2. The Morgan fingerprint density at radius 3 is 1.97 bits per heavy atom. The van der Waals surface area contributed by atoms with Crippen LogP contribution in [0.1, 0.15) is 53.3 Å². The molecule has 0 amide bonds. The molecule has 2 N–H and O–H groups in total. The number of carbonyl (C=O) groups is 3. The molecule has 7 heteroatoms. The zero-order chi connectivity index (χ0) is 27.1. The summed E-state index contributed by atoms with van der Waals surface area (Å²) in [5, 5.41) is 20.0. The van der Waals surface area contributed by atoms with Crippen LogP contribution < -0.4 is 5.43 Å². The molecule has 0 aliphatic carbocycles. The van der Waals surface area contributed by atoms with Crippen molar-refractivity contribution in [1.29, 1.82) is 0 Å². The number of carbonyl (C=O) groups excluding carboxylic acids is 1. The van der Waals surface area contributed by atoms with E-state index in [1.807, 2.05) is 23.6 Å². The largest absolute Gasteiger partial charge is 0.478 e. The van der Waals surface area contributed by atoms with Gasteiger partial charge in [-0.15, -0.1) is 0 Å². The van der Waals surface area contributed by atoms with E-state index in [1.54, 1.807) is 55.5 Å². The first kappa shape index (κ1) is 24.6. The van der Waals surface area contributed by atoms with Gasteiger partial charge in [-0.2, -0.15) is 0 Å². The third kappa shape index (κ3) is 4.24. The average molecular weight is 506 g/mol. The molecule has 38 heavy (non-hydrogen) atoms. The quantitative estimate of drug-likeness (QED) is 0.234. The van der Waals surface area contributed by atoms with Crippen LogP contribution in [0.25, 0.3) is 21.8 Å². The number of aromatic nitrogens is 1. The van der Waals surface area contributed by atoms with E-state index in [-0.39, 0.29) is 28.9 Å². The molecule has 0 aliphatic heterocycles. The normalized spacial score (nSPS) is 11.1. The van der Waals surface area contributed by atoms with Crippen molar-refractivity contribution in [3.63, 3.8) is 0 Å². The van der Waals surface area contributed by atoms with Gasteiger partial charge in [0.05, 0.1) is 22.2 Å². The second-order valence-electron chi connectivity index (χ2n) is 9.29. The topological polar surface area (TPSA) is 114 Å². The van der Waals surface area contributed by atoms with Crippen LogP contribution in [0.15, 0.2) is 83.7 Å². The molecule has 0 radical (unpaired) electrons. The molecule has 7 nitrogen and oxygen atoms in total. The number of aromatic carboxylic acids is 2. The zero-order valence-corrected chi connectivity index (χ0v) is 20.7. The molecular formula is C31H23NO6. The highest BCUT2D eigenvalue weighted by atomic mass is 16.4. The van der Waals surface area contributed by atoms with E-state index in [0.717, 1.165) is 11.6 Å². The summed E-state index contributed by atoms with van der Waals surface area (Å²) in [4.78, 5) is 50.4. The number of aryl methyl sites for hydroxylation is 2. The molecule has 0 fully saturated rings. The maximum absolute atomic E-state index is 13.6. The molecule has 0 aliphatic rings. The van der Waals surface area contributed by atoms with Crippen LogP contribution in [0.3, 0.4) is 0 Å². The smallest absolute Gasteiger partial charge is 0.335 e. The summed E-state index contributed by atoms with van der Waals surface area (Å²) in [6.07, 6.45) is 0. The number of pyridine rings is 1. The molecule has 1 aromatic heterocycles. The van der Waals surface area contributed by atoms with E-state index in [0.29, 0.717) is 44.1 Å². The van der Waals surface area contributed by atoms with E-state index in [4.69, 9.17) is 0 Å². The first-order valence-electron chi connectivity index (χ1n) is 11.9. The van der Waals surface area contributed by atoms with E-state index in [9.17, 15) is 29.4 Å². The van der Waals surface area contributed by atoms with Crippen LogP contribution in [0, 0.1) is 13.8 Å². The summed E-state index contributed by atoms with van der Waals surface area (Å²) >= 11 is 0. The fourth-order valence-corrected chi connectivity index (χ4v) is 4.88. The number of fused-ring (bicyclic) bond motifs is 2. The summed E-state index contributed by atoms with van der Waals surface area (Å²) in [5.41, 5.74) is 3.52. The number of hydrogen-bond acceptors (Lipinski definition) is 4. The number of hydrogen-bond donors (Lipinski definition) is 2. The third-order valence-corrected chi connectivity index (χ3v) is 6.78. The van der Waals surface area contributed by atoms with Gasteiger partial charge in [0.25, 0.3) is 0 Å². The molecule has 0 atom stereocenters. The molecule has 5 rings (SSSR count). The lowest BCUT2D eigenvalue weighted by atomic mass is 9.94. The molecule has 188 valence electrons. The Labute approximate surface area is 217 Å². The van der Waals surface area contributed by atoms with Crippen LogP contribution in [0.2, 0.25) is 0 Å². The highest BCUT2D eigenvalue weighted by molar-refractivity contribution is 6.12. The van der Waals surface area contributed by atoms with Crippen LogP contribution in [-0.2, 0) is 6.54 Å². The van der Waals surface area contributed by atoms with Gasteiger partial charge in [0.15, 0.2) is 11.2 Å². The van der Waals surface area contributed by atoms with Crippen molar-refractivity contribution < 1.29 is 24.6 Å². The predicted molar refractivity (Wildman–Crippen MR) is 145 cm³/mol. The number of benzene rings is 4. The maximum atomic E-state index is 13.6. The highest BCUT2D eigenvalue weighted by Gasteiger charge is 2.19. The van der Waals surface area contributed by atoms with Crippen LogP contribution in [-0.4, -0.2) is 32.5 Å². The van der Waals surface area contributed by atoms with Gasteiger partial charge in [-0.1, -0.05) is 36.4 Å². The Bertz CT molecular complexity index is 1830. The van der Waals surface area contributed by atoms with Crippen LogP contribution in [0.5, 0.6) is 0 Å². The maximum Gasteiger partial charge on any atom is 0.335 e. The standard InChI is InChI=1S/C31H23NO6/c1-17-7-3-4-8-22(17)28(33)24-15-27-25(11-18(24)2)29(34)23-9-5-6-10-26(23)32(27)16-19-12-20(30(35)36)14-21(13-19)31(37)38/h3-15H,16H2,1-2H3,(H,35,36)(H,37,38). The van der Waals surface area contributed by atoms with Gasteiger partial charge in [-0.05, 0) is 73.0 Å². The van der Waals surface area contributed by atoms with Gasteiger partial charge in [0.2, 0.25) is 0 Å². The Morgan fingerprint density at radius 1 is 0.684 bits per heavy atom. The van der Waals surface area contributed by atoms with Crippen molar-refractivity contribution in [3.05, 3.63) is 128 Å². The average Bonchev–Trinajstić information content (AvgIpc) is 2.90. The van der Waals surface area contributed by atoms with Crippen molar-refractivity contribution in [2.75, 3.05) is 0 Å². The van der Waals surface area contributed by atoms with E-state index in [1.165, 1.54) is 12.1 Å². The minimum Gasteiger partial charge on any atom is -0.478 e. The molecule has 0 spiro atoms. The van der Waals surface area contributed by atoms with Crippen molar-refractivity contribution in [3.8, 4) is 0 Å². The lowest BCUT2D eigenvalue weighted by Crippen LogP contribution is -2.15. The summed E-state index contributed by atoms with van der Waals surface area (Å²) in [7, 11) is 0. The number of rotatable bonds is 6. The Kier molecular flexibility index (Phi) is 6.12. The van der Waals surface area contributed by atoms with Crippen molar-refractivity contribution in [2.24, 2.45) is 0 Å². The molecule has 1 heterocycles. The molecule has 0 saturated heterocycles. The fraction of sp³-hybridized carbons (Fsp3) is 0.0968. The highest BCUT2D eigenvalue weighted by Crippen LogP contribution is 2.26. The van der Waals surface area contributed by atoms with Gasteiger partial charge in [0.1, 0.15) is 0 Å². The summed E-state index contributed by atoms with van der Waals surface area (Å²) in [6, 6.07) is 21.7. The van der Waals surface area contributed by atoms with Crippen molar-refractivity contribution in [2.45, 2.75) is 20.4 Å². The van der Waals surface area contributed by atoms with Gasteiger partial charge < -0.3 is 14.8 Å². The van der Waals surface area contributed by atoms with Crippen molar-refractivity contribution >= 4 is 39.5 Å². The van der Waals surface area contributed by atoms with Gasteiger partial charge in [-0.25, -0.2) is 9.59 Å². The van der Waals surface area contributed by atoms with Crippen LogP contribution >= 0.6 is 0 Å². The van der Waals surface area contributed by atoms with E-state index < -0.39 is 11.9 Å². The fourth-order valence-electron chi connectivity index (χ4n) is 4.88. The van der Waals surface area contributed by atoms with E-state index in [2.05, 4.69) is 0 Å². The number of ketones is 1. The molecule has 4 aromatic carbocycles. The summed E-state index contributed by atoms with van der Waals surface area (Å²) < 4.78 is 1.83.